The summed E-state index contributed by atoms with van der Waals surface area (Å²) in [4.78, 5) is 12.3. The lowest BCUT2D eigenvalue weighted by Crippen LogP contribution is -2.42. The number of aromatic nitrogens is 1. The minimum absolute atomic E-state index is 0.00388. The number of carbonyl (C=O) groups excluding carboxylic acids is 1. The Morgan fingerprint density at radius 3 is 2.68 bits per heavy atom. The third kappa shape index (κ3) is 4.20. The van der Waals surface area contributed by atoms with E-state index in [-0.39, 0.29) is 24.5 Å². The normalized spacial score (nSPS) is 21.1. The average molecular weight is 364 g/mol. The molecule has 2 aromatic rings. The highest BCUT2D eigenvalue weighted by molar-refractivity contribution is 7.87. The van der Waals surface area contributed by atoms with Crippen molar-refractivity contribution in [2.45, 2.75) is 37.9 Å². The first-order valence-electron chi connectivity index (χ1n) is 8.38. The van der Waals surface area contributed by atoms with Gasteiger partial charge in [-0.05, 0) is 36.8 Å². The van der Waals surface area contributed by atoms with Crippen molar-refractivity contribution >= 4 is 27.0 Å². The summed E-state index contributed by atoms with van der Waals surface area (Å²) in [6, 6.07) is 9.79. The van der Waals surface area contributed by atoms with Gasteiger partial charge in [0.2, 0.25) is 5.91 Å². The lowest BCUT2D eigenvalue weighted by atomic mass is 10.2. The number of amides is 1. The van der Waals surface area contributed by atoms with Crippen molar-refractivity contribution in [1.29, 1.82) is 0 Å². The smallest absolute Gasteiger partial charge is 0.279 e. The van der Waals surface area contributed by atoms with Crippen LogP contribution in [0.1, 0.15) is 19.3 Å². The molecule has 0 saturated heterocycles. The Morgan fingerprint density at radius 1 is 1.20 bits per heavy atom. The van der Waals surface area contributed by atoms with Crippen molar-refractivity contribution in [1.82, 2.24) is 18.9 Å². The molecule has 1 aromatic carbocycles. The van der Waals surface area contributed by atoms with Crippen molar-refractivity contribution in [3.05, 3.63) is 36.5 Å². The fourth-order valence-corrected chi connectivity index (χ4v) is 4.09. The van der Waals surface area contributed by atoms with Crippen molar-refractivity contribution in [2.75, 3.05) is 14.1 Å². The Hall–Kier alpha value is -1.90. The second kappa shape index (κ2) is 7.15. The first-order valence-corrected chi connectivity index (χ1v) is 9.82. The maximum absolute atomic E-state index is 12.3. The monoisotopic (exact) mass is 364 g/mol. The first kappa shape index (κ1) is 17.9. The molecule has 2 atom stereocenters. The fraction of sp³-hybridized carbons (Fsp3) is 0.471. The van der Waals surface area contributed by atoms with E-state index in [0.29, 0.717) is 6.42 Å². The quantitative estimate of drug-likeness (QED) is 0.804. The van der Waals surface area contributed by atoms with Crippen LogP contribution in [0.4, 0.5) is 0 Å². The van der Waals surface area contributed by atoms with Gasteiger partial charge in [-0.1, -0.05) is 18.2 Å². The molecule has 25 heavy (non-hydrogen) atoms. The lowest BCUT2D eigenvalue weighted by Gasteiger charge is -2.18. The molecule has 2 N–H and O–H groups in total. The highest BCUT2D eigenvalue weighted by atomic mass is 32.2. The maximum Gasteiger partial charge on any atom is 0.279 e. The van der Waals surface area contributed by atoms with Gasteiger partial charge in [-0.3, -0.25) is 4.79 Å². The zero-order valence-electron chi connectivity index (χ0n) is 14.5. The number of carbonyl (C=O) groups is 1. The van der Waals surface area contributed by atoms with Gasteiger partial charge in [-0.15, -0.1) is 0 Å². The van der Waals surface area contributed by atoms with E-state index in [1.165, 1.54) is 14.1 Å². The molecule has 7 nitrogen and oxygen atoms in total. The SMILES string of the molecule is CN(C)S(=O)(=O)N[C@H]1CC[C@@H](NC(=O)Cn2ccc3ccccc32)C1. The Bertz CT molecular complexity index is 860. The molecular weight excluding hydrogens is 340 g/mol. The van der Waals surface area contributed by atoms with Gasteiger partial charge in [-0.2, -0.15) is 17.4 Å². The largest absolute Gasteiger partial charge is 0.352 e. The highest BCUT2D eigenvalue weighted by Gasteiger charge is 2.29. The van der Waals surface area contributed by atoms with Crippen LogP contribution in [0, 0.1) is 0 Å². The average Bonchev–Trinajstić information content (AvgIpc) is 3.14. The van der Waals surface area contributed by atoms with Gasteiger partial charge in [0.15, 0.2) is 0 Å². The summed E-state index contributed by atoms with van der Waals surface area (Å²) in [7, 11) is -0.436. The van der Waals surface area contributed by atoms with Gasteiger partial charge >= 0.3 is 0 Å². The molecule has 0 bridgehead atoms. The Labute approximate surface area is 148 Å². The molecule has 1 saturated carbocycles. The van der Waals surface area contributed by atoms with Crippen LogP contribution in [0.5, 0.6) is 0 Å². The molecule has 0 spiro atoms. The number of benzene rings is 1. The fourth-order valence-electron chi connectivity index (χ4n) is 3.24. The van der Waals surface area contributed by atoms with Crippen LogP contribution >= 0.6 is 0 Å². The third-order valence-electron chi connectivity index (χ3n) is 4.59. The van der Waals surface area contributed by atoms with Gasteiger partial charge in [0.25, 0.3) is 10.2 Å². The number of nitrogens with zero attached hydrogens (tertiary/aromatic N) is 2. The van der Waals surface area contributed by atoms with Gasteiger partial charge < -0.3 is 9.88 Å². The summed E-state index contributed by atoms with van der Waals surface area (Å²) in [6.45, 7) is 0.262. The molecule has 1 heterocycles. The summed E-state index contributed by atoms with van der Waals surface area (Å²) in [5.41, 5.74) is 1.03. The summed E-state index contributed by atoms with van der Waals surface area (Å²) in [5, 5.41) is 4.12. The maximum atomic E-state index is 12.3. The minimum atomic E-state index is -3.43. The van der Waals surface area contributed by atoms with Crippen LogP contribution in [-0.4, -0.2) is 49.4 Å². The van der Waals surface area contributed by atoms with Gasteiger partial charge in [0.1, 0.15) is 6.54 Å². The van der Waals surface area contributed by atoms with Crippen LogP contribution in [0.2, 0.25) is 0 Å². The molecule has 1 fully saturated rings. The van der Waals surface area contributed by atoms with Crippen molar-refractivity contribution in [3.8, 4) is 0 Å². The zero-order chi connectivity index (χ0) is 18.0. The van der Waals surface area contributed by atoms with Crippen molar-refractivity contribution in [3.63, 3.8) is 0 Å². The lowest BCUT2D eigenvalue weighted by molar-refractivity contribution is -0.122. The molecular formula is C17H24N4O3S. The Balaban J connectivity index is 1.54. The molecule has 3 rings (SSSR count). The number of hydrogen-bond acceptors (Lipinski definition) is 3. The second-order valence-electron chi connectivity index (χ2n) is 6.68. The van der Waals surface area contributed by atoms with E-state index in [0.717, 1.165) is 28.0 Å². The number of hydrogen-bond donors (Lipinski definition) is 2. The second-order valence-corrected chi connectivity index (χ2v) is 8.60. The van der Waals surface area contributed by atoms with Crippen LogP contribution in [0.25, 0.3) is 10.9 Å². The predicted molar refractivity (Wildman–Crippen MR) is 97.3 cm³/mol. The zero-order valence-corrected chi connectivity index (χ0v) is 15.3. The molecule has 136 valence electrons. The summed E-state index contributed by atoms with van der Waals surface area (Å²) in [6.07, 6.45) is 4.03. The third-order valence-corrected chi connectivity index (χ3v) is 6.18. The van der Waals surface area contributed by atoms with E-state index < -0.39 is 10.2 Å². The Kier molecular flexibility index (Phi) is 5.12. The van der Waals surface area contributed by atoms with Crippen molar-refractivity contribution < 1.29 is 13.2 Å². The summed E-state index contributed by atoms with van der Waals surface area (Å²) in [5.74, 6) is -0.0533. The van der Waals surface area contributed by atoms with Gasteiger partial charge in [0, 0.05) is 37.9 Å². The van der Waals surface area contributed by atoms with Crippen molar-refractivity contribution in [2.24, 2.45) is 0 Å². The molecule has 0 unspecified atom stereocenters. The van der Waals surface area contributed by atoms with Crippen LogP contribution in [-0.2, 0) is 21.5 Å². The minimum Gasteiger partial charge on any atom is -0.352 e. The topological polar surface area (TPSA) is 83.4 Å². The molecule has 8 heteroatoms. The molecule has 1 aliphatic carbocycles. The van der Waals surface area contributed by atoms with Crippen LogP contribution < -0.4 is 10.0 Å². The van der Waals surface area contributed by atoms with Gasteiger partial charge in [0.05, 0.1) is 0 Å². The van der Waals surface area contributed by atoms with Gasteiger partial charge in [-0.25, -0.2) is 0 Å². The molecule has 1 aliphatic rings. The van der Waals surface area contributed by atoms with E-state index in [4.69, 9.17) is 0 Å². The van der Waals surface area contributed by atoms with E-state index in [9.17, 15) is 13.2 Å². The summed E-state index contributed by atoms with van der Waals surface area (Å²) < 4.78 is 29.5. The molecule has 1 aromatic heterocycles. The van der Waals surface area contributed by atoms with E-state index in [1.807, 2.05) is 41.1 Å². The molecule has 1 amide bonds. The van der Waals surface area contributed by atoms with E-state index in [1.54, 1.807) is 0 Å². The number of fused-ring (bicyclic) bond motifs is 1. The number of para-hydroxylation sites is 1. The van der Waals surface area contributed by atoms with E-state index >= 15 is 0 Å². The standard InChI is InChI=1S/C17H24N4O3S/c1-20(2)25(23,24)19-15-8-7-14(11-15)18-17(22)12-21-10-9-13-5-3-4-6-16(13)21/h3-6,9-10,14-15,19H,7-8,11-12H2,1-2H3,(H,18,22)/t14-,15+/m1/s1. The first-order chi connectivity index (χ1) is 11.8. The molecule has 0 radical (unpaired) electrons. The molecule has 0 aliphatic heterocycles. The highest BCUT2D eigenvalue weighted by Crippen LogP contribution is 2.20. The van der Waals surface area contributed by atoms with Crippen LogP contribution in [0.15, 0.2) is 36.5 Å². The van der Waals surface area contributed by atoms with E-state index in [2.05, 4.69) is 10.0 Å². The predicted octanol–water partition coefficient (Wildman–Crippen LogP) is 1.07. The summed E-state index contributed by atoms with van der Waals surface area (Å²) >= 11 is 0. The number of rotatable bonds is 6. The Morgan fingerprint density at radius 2 is 1.92 bits per heavy atom. The number of nitrogens with one attached hydrogen (secondary N) is 2. The van der Waals surface area contributed by atoms with Crippen LogP contribution in [0.3, 0.4) is 0 Å².